The SMILES string of the molecule is CC(=O)C(O[Si](C)(C)C(C)(C)C)C(C)O[Si](C)(C)C(C)(C)C. The van der Waals surface area contributed by atoms with Crippen LogP contribution in [0.3, 0.4) is 0 Å². The summed E-state index contributed by atoms with van der Waals surface area (Å²) < 4.78 is 12.8. The van der Waals surface area contributed by atoms with Crippen molar-refractivity contribution in [2.45, 2.75) is 104 Å². The van der Waals surface area contributed by atoms with E-state index in [4.69, 9.17) is 8.85 Å². The predicted octanol–water partition coefficient (Wildman–Crippen LogP) is 5.38. The van der Waals surface area contributed by atoms with Crippen LogP contribution in [0.25, 0.3) is 0 Å². The van der Waals surface area contributed by atoms with E-state index in [-0.39, 0.29) is 22.0 Å². The minimum Gasteiger partial charge on any atom is -0.411 e. The normalized spacial score (nSPS) is 17.3. The van der Waals surface area contributed by atoms with Crippen LogP contribution in [-0.2, 0) is 13.6 Å². The smallest absolute Gasteiger partial charge is 0.193 e. The molecular formula is C17H38O3Si2. The Balaban J connectivity index is 5.26. The van der Waals surface area contributed by atoms with E-state index in [9.17, 15) is 4.79 Å². The van der Waals surface area contributed by atoms with Gasteiger partial charge in [-0.3, -0.25) is 4.79 Å². The fourth-order valence-electron chi connectivity index (χ4n) is 1.71. The molecule has 3 nitrogen and oxygen atoms in total. The number of carbonyl (C=O) groups is 1. The van der Waals surface area contributed by atoms with Crippen LogP contribution in [0.4, 0.5) is 0 Å². The lowest BCUT2D eigenvalue weighted by Gasteiger charge is -2.43. The first-order valence-electron chi connectivity index (χ1n) is 8.28. The molecule has 0 aromatic rings. The maximum absolute atomic E-state index is 12.2. The largest absolute Gasteiger partial charge is 0.411 e. The van der Waals surface area contributed by atoms with Crippen LogP contribution in [0.1, 0.15) is 55.4 Å². The molecule has 0 saturated carbocycles. The van der Waals surface area contributed by atoms with Gasteiger partial charge < -0.3 is 8.85 Å². The highest BCUT2D eigenvalue weighted by atomic mass is 28.4. The average molecular weight is 347 g/mol. The van der Waals surface area contributed by atoms with Crippen LogP contribution in [-0.4, -0.2) is 34.6 Å². The van der Waals surface area contributed by atoms with Gasteiger partial charge in [-0.15, -0.1) is 0 Å². The van der Waals surface area contributed by atoms with E-state index >= 15 is 0 Å². The minimum absolute atomic E-state index is 0.0658. The zero-order valence-electron chi connectivity index (χ0n) is 16.9. The van der Waals surface area contributed by atoms with E-state index in [2.05, 4.69) is 67.7 Å². The molecule has 0 aliphatic rings. The second-order valence-electron chi connectivity index (χ2n) is 9.49. The molecule has 0 aliphatic heterocycles. The van der Waals surface area contributed by atoms with Crippen molar-refractivity contribution < 1.29 is 13.6 Å². The number of rotatable bonds is 6. The van der Waals surface area contributed by atoms with E-state index in [0.717, 1.165) is 0 Å². The molecule has 0 heterocycles. The topological polar surface area (TPSA) is 35.5 Å². The maximum atomic E-state index is 12.2. The second-order valence-corrected chi connectivity index (χ2v) is 19.0. The molecule has 0 aromatic heterocycles. The van der Waals surface area contributed by atoms with Gasteiger partial charge in [0, 0.05) is 0 Å². The highest BCUT2D eigenvalue weighted by molar-refractivity contribution is 6.74. The molecule has 22 heavy (non-hydrogen) atoms. The van der Waals surface area contributed by atoms with Crippen LogP contribution in [0.15, 0.2) is 0 Å². The van der Waals surface area contributed by atoms with Gasteiger partial charge in [-0.1, -0.05) is 41.5 Å². The Morgan fingerprint density at radius 3 is 1.41 bits per heavy atom. The van der Waals surface area contributed by atoms with Crippen molar-refractivity contribution in [3.05, 3.63) is 0 Å². The first kappa shape index (κ1) is 22.0. The number of hydrogen-bond donors (Lipinski definition) is 0. The lowest BCUT2D eigenvalue weighted by molar-refractivity contribution is -0.128. The average Bonchev–Trinajstić information content (AvgIpc) is 2.21. The lowest BCUT2D eigenvalue weighted by Crippen LogP contribution is -2.53. The van der Waals surface area contributed by atoms with Crippen molar-refractivity contribution in [3.63, 3.8) is 0 Å². The van der Waals surface area contributed by atoms with Gasteiger partial charge in [0.25, 0.3) is 0 Å². The van der Waals surface area contributed by atoms with Crippen LogP contribution in [0, 0.1) is 0 Å². The summed E-state index contributed by atoms with van der Waals surface area (Å²) in [6, 6.07) is 0. The number of Topliss-reactive ketones (excluding diaryl/α,β-unsaturated/α-hetero) is 1. The number of carbonyl (C=O) groups excluding carboxylic acids is 1. The van der Waals surface area contributed by atoms with Crippen molar-refractivity contribution >= 4 is 22.4 Å². The van der Waals surface area contributed by atoms with Gasteiger partial charge in [0.1, 0.15) is 6.10 Å². The molecule has 0 radical (unpaired) electrons. The Hall–Kier alpha value is 0.0238. The molecule has 0 N–H and O–H groups in total. The molecule has 0 aliphatic carbocycles. The van der Waals surface area contributed by atoms with Gasteiger partial charge in [0.2, 0.25) is 0 Å². The third-order valence-electron chi connectivity index (χ3n) is 5.34. The molecule has 0 rings (SSSR count). The molecule has 132 valence electrons. The van der Waals surface area contributed by atoms with Crippen LogP contribution in [0.2, 0.25) is 36.3 Å². The van der Waals surface area contributed by atoms with Gasteiger partial charge in [-0.25, -0.2) is 0 Å². The summed E-state index contributed by atoms with van der Waals surface area (Å²) in [6.07, 6.45) is -0.664. The monoisotopic (exact) mass is 346 g/mol. The summed E-state index contributed by atoms with van der Waals surface area (Å²) in [5.41, 5.74) is 0. The second kappa shape index (κ2) is 6.87. The van der Waals surface area contributed by atoms with Crippen molar-refractivity contribution in [1.82, 2.24) is 0 Å². The third-order valence-corrected chi connectivity index (χ3v) is 14.4. The summed E-state index contributed by atoms with van der Waals surface area (Å²) in [5.74, 6) is 0.0658. The summed E-state index contributed by atoms with van der Waals surface area (Å²) in [7, 11) is -3.91. The van der Waals surface area contributed by atoms with Crippen LogP contribution in [0.5, 0.6) is 0 Å². The summed E-state index contributed by atoms with van der Waals surface area (Å²) in [4.78, 5) is 12.2. The van der Waals surface area contributed by atoms with Gasteiger partial charge in [-0.2, -0.15) is 0 Å². The zero-order chi connectivity index (χ0) is 18.1. The van der Waals surface area contributed by atoms with Crippen LogP contribution < -0.4 is 0 Å². The van der Waals surface area contributed by atoms with Crippen LogP contribution >= 0.6 is 0 Å². The van der Waals surface area contributed by atoms with Crippen molar-refractivity contribution in [2.24, 2.45) is 0 Å². The minimum atomic E-state index is -2.00. The van der Waals surface area contributed by atoms with E-state index in [1.165, 1.54) is 0 Å². The van der Waals surface area contributed by atoms with Gasteiger partial charge in [-0.05, 0) is 50.1 Å². The summed E-state index contributed by atoms with van der Waals surface area (Å²) in [6.45, 7) is 25.6. The molecule has 0 saturated heterocycles. The van der Waals surface area contributed by atoms with E-state index in [0.29, 0.717) is 0 Å². The Morgan fingerprint density at radius 2 is 1.14 bits per heavy atom. The molecule has 5 heteroatoms. The number of hydrogen-bond acceptors (Lipinski definition) is 3. The van der Waals surface area contributed by atoms with Crippen molar-refractivity contribution in [2.75, 3.05) is 0 Å². The highest BCUT2D eigenvalue weighted by Crippen LogP contribution is 2.40. The highest BCUT2D eigenvalue weighted by Gasteiger charge is 2.44. The Labute approximate surface area is 140 Å². The molecule has 0 spiro atoms. The van der Waals surface area contributed by atoms with E-state index in [1.54, 1.807) is 6.92 Å². The molecule has 0 amide bonds. The molecular weight excluding hydrogens is 308 g/mol. The van der Waals surface area contributed by atoms with E-state index in [1.807, 2.05) is 6.92 Å². The Morgan fingerprint density at radius 1 is 0.818 bits per heavy atom. The fourth-order valence-corrected chi connectivity index (χ4v) is 4.46. The molecule has 0 aromatic carbocycles. The standard InChI is InChI=1S/C17H38O3Si2/c1-13(18)15(20-22(11,12)17(6,7)8)14(2)19-21(9,10)16(3,4)5/h14-15H,1-12H3. The first-order chi connectivity index (χ1) is 9.42. The molecule has 0 fully saturated rings. The lowest BCUT2D eigenvalue weighted by atomic mass is 10.2. The maximum Gasteiger partial charge on any atom is 0.193 e. The first-order valence-corrected chi connectivity index (χ1v) is 14.1. The summed E-state index contributed by atoms with van der Waals surface area (Å²) >= 11 is 0. The Kier molecular flexibility index (Phi) is 6.88. The molecule has 0 bridgehead atoms. The van der Waals surface area contributed by atoms with Crippen molar-refractivity contribution in [1.29, 1.82) is 0 Å². The molecule has 2 unspecified atom stereocenters. The molecule has 2 atom stereocenters. The zero-order valence-corrected chi connectivity index (χ0v) is 18.9. The quantitative estimate of drug-likeness (QED) is 0.606. The van der Waals surface area contributed by atoms with Gasteiger partial charge >= 0.3 is 0 Å². The number of ketones is 1. The fraction of sp³-hybridized carbons (Fsp3) is 0.941. The third kappa shape index (κ3) is 5.58. The Bertz CT molecular complexity index is 390. The van der Waals surface area contributed by atoms with E-state index < -0.39 is 22.7 Å². The summed E-state index contributed by atoms with van der Waals surface area (Å²) in [5, 5.41) is 0.205. The van der Waals surface area contributed by atoms with Crippen molar-refractivity contribution in [3.8, 4) is 0 Å². The van der Waals surface area contributed by atoms with Gasteiger partial charge in [0.15, 0.2) is 22.4 Å². The predicted molar refractivity (Wildman–Crippen MR) is 100 cm³/mol. The van der Waals surface area contributed by atoms with Gasteiger partial charge in [0.05, 0.1) is 6.10 Å².